The van der Waals surface area contributed by atoms with E-state index < -0.39 is 6.04 Å². The van der Waals surface area contributed by atoms with Crippen LogP contribution >= 0.6 is 35.3 Å². The maximum absolute atomic E-state index is 12.6. The van der Waals surface area contributed by atoms with Crippen LogP contribution in [0.5, 0.6) is 5.75 Å². The van der Waals surface area contributed by atoms with Gasteiger partial charge in [0.25, 0.3) is 5.91 Å². The van der Waals surface area contributed by atoms with Crippen molar-refractivity contribution in [3.63, 3.8) is 0 Å². The molecule has 2 heterocycles. The third-order valence-corrected chi connectivity index (χ3v) is 5.46. The van der Waals surface area contributed by atoms with E-state index in [-0.39, 0.29) is 17.6 Å². The molecule has 1 aromatic heterocycles. The zero-order chi connectivity index (χ0) is 18.0. The van der Waals surface area contributed by atoms with E-state index in [9.17, 15) is 14.7 Å². The maximum atomic E-state index is 12.6. The van der Waals surface area contributed by atoms with Gasteiger partial charge in [-0.2, -0.15) is 0 Å². The third kappa shape index (κ3) is 3.89. The molecule has 25 heavy (non-hydrogen) atoms. The molecule has 2 N–H and O–H groups in total. The number of aromatic nitrogens is 1. The van der Waals surface area contributed by atoms with Crippen molar-refractivity contribution in [3.8, 4) is 5.75 Å². The van der Waals surface area contributed by atoms with Crippen LogP contribution in [0.4, 0.5) is 5.13 Å². The zero-order valence-electron chi connectivity index (χ0n) is 13.0. The van der Waals surface area contributed by atoms with Crippen LogP contribution in [0.15, 0.2) is 40.7 Å². The highest BCUT2D eigenvalue weighted by molar-refractivity contribution is 8.26. The Morgan fingerprint density at radius 2 is 2.12 bits per heavy atom. The Bertz CT molecular complexity index is 847. The zero-order valence-corrected chi connectivity index (χ0v) is 15.5. The number of hydrogen-bond donors (Lipinski definition) is 2. The Kier molecular flexibility index (Phi) is 5.16. The number of thiazole rings is 1. The Balaban J connectivity index is 1.76. The summed E-state index contributed by atoms with van der Waals surface area (Å²) in [7, 11) is 0. The molecule has 0 saturated carbocycles. The van der Waals surface area contributed by atoms with Crippen molar-refractivity contribution in [2.24, 2.45) is 0 Å². The van der Waals surface area contributed by atoms with Crippen molar-refractivity contribution < 1.29 is 14.7 Å². The van der Waals surface area contributed by atoms with Gasteiger partial charge in [0, 0.05) is 11.6 Å². The normalized spacial score (nSPS) is 17.2. The average molecular weight is 391 g/mol. The van der Waals surface area contributed by atoms with Gasteiger partial charge in [-0.15, -0.1) is 11.3 Å². The van der Waals surface area contributed by atoms with Crippen molar-refractivity contribution in [2.75, 3.05) is 5.32 Å². The number of hydrogen-bond acceptors (Lipinski definition) is 7. The molecule has 1 aliphatic rings. The first kappa shape index (κ1) is 17.6. The predicted molar refractivity (Wildman–Crippen MR) is 103 cm³/mol. The fourth-order valence-corrected chi connectivity index (χ4v) is 4.10. The summed E-state index contributed by atoms with van der Waals surface area (Å²) in [6.45, 7) is 1.62. The molecular weight excluding hydrogens is 378 g/mol. The van der Waals surface area contributed by atoms with Gasteiger partial charge < -0.3 is 10.4 Å². The minimum Gasteiger partial charge on any atom is -0.508 e. The van der Waals surface area contributed by atoms with E-state index in [1.54, 1.807) is 36.7 Å². The lowest BCUT2D eigenvalue weighted by Gasteiger charge is -2.21. The van der Waals surface area contributed by atoms with E-state index in [1.165, 1.54) is 28.4 Å². The van der Waals surface area contributed by atoms with E-state index in [2.05, 4.69) is 10.3 Å². The minimum absolute atomic E-state index is 0.150. The predicted octanol–water partition coefficient (Wildman–Crippen LogP) is 3.08. The highest BCUT2D eigenvalue weighted by Crippen LogP contribution is 2.34. The average Bonchev–Trinajstić information content (AvgIpc) is 3.17. The van der Waals surface area contributed by atoms with Gasteiger partial charge in [0.2, 0.25) is 5.91 Å². The summed E-state index contributed by atoms with van der Waals surface area (Å²) in [6.07, 6.45) is 3.27. The van der Waals surface area contributed by atoms with E-state index in [0.29, 0.717) is 14.4 Å². The summed E-state index contributed by atoms with van der Waals surface area (Å²) >= 11 is 7.72. The van der Waals surface area contributed by atoms with Crippen molar-refractivity contribution in [1.29, 1.82) is 0 Å². The van der Waals surface area contributed by atoms with E-state index in [4.69, 9.17) is 12.2 Å². The second-order valence-corrected chi connectivity index (χ2v) is 7.72. The molecular formula is C16H13N3O3S3. The van der Waals surface area contributed by atoms with Crippen LogP contribution < -0.4 is 5.32 Å². The molecule has 0 radical (unpaired) electrons. The van der Waals surface area contributed by atoms with Crippen LogP contribution in [0, 0.1) is 0 Å². The van der Waals surface area contributed by atoms with Crippen molar-refractivity contribution in [1.82, 2.24) is 9.88 Å². The molecule has 0 spiro atoms. The number of aromatic hydroxyl groups is 1. The van der Waals surface area contributed by atoms with Crippen LogP contribution in [0.2, 0.25) is 0 Å². The van der Waals surface area contributed by atoms with Gasteiger partial charge >= 0.3 is 0 Å². The Hall–Kier alpha value is -2.23. The molecule has 2 amide bonds. The van der Waals surface area contributed by atoms with Crippen molar-refractivity contribution in [3.05, 3.63) is 46.3 Å². The van der Waals surface area contributed by atoms with E-state index >= 15 is 0 Å². The van der Waals surface area contributed by atoms with Crippen LogP contribution in [-0.2, 0) is 9.59 Å². The fourth-order valence-electron chi connectivity index (χ4n) is 2.15. The van der Waals surface area contributed by atoms with Gasteiger partial charge in [-0.05, 0) is 30.7 Å². The van der Waals surface area contributed by atoms with Gasteiger partial charge in [0.1, 0.15) is 16.1 Å². The lowest BCUT2D eigenvalue weighted by atomic mass is 10.2. The first-order valence-corrected chi connectivity index (χ1v) is 9.32. The third-order valence-electron chi connectivity index (χ3n) is 3.44. The summed E-state index contributed by atoms with van der Waals surface area (Å²) in [6, 6.07) is 5.72. The smallest absolute Gasteiger partial charge is 0.266 e. The van der Waals surface area contributed by atoms with Gasteiger partial charge in [-0.1, -0.05) is 36.1 Å². The number of amides is 2. The number of nitrogens with one attached hydrogen (secondary N) is 1. The topological polar surface area (TPSA) is 82.5 Å². The summed E-state index contributed by atoms with van der Waals surface area (Å²) in [5.74, 6) is -0.515. The number of phenolic OH excluding ortho intramolecular Hbond substituents is 1. The molecule has 2 aromatic rings. The summed E-state index contributed by atoms with van der Waals surface area (Å²) in [5, 5.41) is 14.2. The quantitative estimate of drug-likeness (QED) is 0.616. The molecule has 1 aliphatic heterocycles. The van der Waals surface area contributed by atoms with Crippen LogP contribution in [0.1, 0.15) is 12.5 Å². The number of thioether (sulfide) groups is 1. The number of phenols is 1. The van der Waals surface area contributed by atoms with Gasteiger partial charge in [-0.3, -0.25) is 14.5 Å². The number of thiocarbonyl (C=S) groups is 1. The lowest BCUT2D eigenvalue weighted by molar-refractivity contribution is -0.129. The van der Waals surface area contributed by atoms with E-state index in [0.717, 1.165) is 17.3 Å². The molecule has 9 heteroatoms. The first-order valence-electron chi connectivity index (χ1n) is 7.22. The summed E-state index contributed by atoms with van der Waals surface area (Å²) in [5.41, 5.74) is 0.762. The number of nitrogens with zero attached hydrogens (tertiary/aromatic N) is 2. The standard InChI is InChI=1S/C16H13N3O3S3/c1-9(13(21)18-15-17-6-7-24-15)19-14(22)12(25-16(19)23)8-10-2-4-11(20)5-3-10/h2-9,20H,1H3,(H,17,18,21)/b12-8-. The molecule has 0 bridgehead atoms. The SMILES string of the molecule is CC(C(=O)Nc1nccs1)N1C(=O)/C(=C/c2ccc(O)cc2)SC1=S. The minimum atomic E-state index is -0.748. The molecule has 128 valence electrons. The molecule has 1 unspecified atom stereocenters. The molecule has 1 fully saturated rings. The monoisotopic (exact) mass is 391 g/mol. The second kappa shape index (κ2) is 7.34. The summed E-state index contributed by atoms with van der Waals surface area (Å²) in [4.78, 5) is 30.7. The lowest BCUT2D eigenvalue weighted by Crippen LogP contribution is -2.44. The molecule has 3 rings (SSSR count). The van der Waals surface area contributed by atoms with Crippen LogP contribution in [-0.4, -0.2) is 37.2 Å². The molecule has 1 saturated heterocycles. The highest BCUT2D eigenvalue weighted by Gasteiger charge is 2.38. The van der Waals surface area contributed by atoms with Crippen LogP contribution in [0.3, 0.4) is 0 Å². The Labute approximate surface area is 157 Å². The largest absolute Gasteiger partial charge is 0.508 e. The molecule has 1 aromatic carbocycles. The Morgan fingerprint density at radius 3 is 2.76 bits per heavy atom. The number of carbonyl (C=O) groups is 2. The van der Waals surface area contributed by atoms with Crippen molar-refractivity contribution in [2.45, 2.75) is 13.0 Å². The summed E-state index contributed by atoms with van der Waals surface area (Å²) < 4.78 is 0.330. The molecule has 0 aliphatic carbocycles. The van der Waals surface area contributed by atoms with Crippen molar-refractivity contribution >= 4 is 62.7 Å². The number of anilines is 1. The van der Waals surface area contributed by atoms with Gasteiger partial charge in [0.05, 0.1) is 4.91 Å². The Morgan fingerprint density at radius 1 is 1.40 bits per heavy atom. The number of benzene rings is 1. The maximum Gasteiger partial charge on any atom is 0.266 e. The fraction of sp³-hybridized carbons (Fsp3) is 0.125. The van der Waals surface area contributed by atoms with E-state index in [1.807, 2.05) is 0 Å². The van der Waals surface area contributed by atoms with Gasteiger partial charge in [-0.25, -0.2) is 4.98 Å². The second-order valence-electron chi connectivity index (χ2n) is 5.15. The highest BCUT2D eigenvalue weighted by atomic mass is 32.2. The molecule has 6 nitrogen and oxygen atoms in total. The number of rotatable bonds is 4. The molecule has 1 atom stereocenters. The first-order chi connectivity index (χ1) is 12.0. The van der Waals surface area contributed by atoms with Gasteiger partial charge in [0.15, 0.2) is 5.13 Å². The van der Waals surface area contributed by atoms with Crippen LogP contribution in [0.25, 0.3) is 6.08 Å². The number of carbonyl (C=O) groups excluding carboxylic acids is 2.